The molecule has 0 saturated heterocycles. The molecule has 2 N–H and O–H groups in total. The predicted octanol–water partition coefficient (Wildman–Crippen LogP) is 1.88. The largest absolute Gasteiger partial charge is 0.393 e. The first-order valence-electron chi connectivity index (χ1n) is 6.30. The van der Waals surface area contributed by atoms with Crippen LogP contribution in [0.15, 0.2) is 0 Å². The van der Waals surface area contributed by atoms with Crippen molar-refractivity contribution < 1.29 is 9.84 Å². The highest BCUT2D eigenvalue weighted by molar-refractivity contribution is 6.30. The van der Waals surface area contributed by atoms with Gasteiger partial charge in [-0.1, -0.05) is 11.6 Å². The third kappa shape index (κ3) is 2.30. The summed E-state index contributed by atoms with van der Waals surface area (Å²) in [7, 11) is 0. The molecular formula is C12H16ClN3O2. The van der Waals surface area contributed by atoms with E-state index in [4.69, 9.17) is 16.3 Å². The number of aliphatic hydroxyl groups is 1. The van der Waals surface area contributed by atoms with Gasteiger partial charge < -0.3 is 15.2 Å². The minimum atomic E-state index is -0.208. The number of rotatable bonds is 2. The molecule has 0 aromatic carbocycles. The van der Waals surface area contributed by atoms with E-state index < -0.39 is 0 Å². The number of hydrogen-bond donors (Lipinski definition) is 2. The van der Waals surface area contributed by atoms with E-state index in [9.17, 15) is 5.11 Å². The fourth-order valence-corrected chi connectivity index (χ4v) is 2.85. The minimum absolute atomic E-state index is 0.208. The van der Waals surface area contributed by atoms with Crippen molar-refractivity contribution in [2.45, 2.75) is 51.0 Å². The number of ether oxygens (including phenoxy) is 1. The second-order valence-electron chi connectivity index (χ2n) is 4.95. The van der Waals surface area contributed by atoms with Gasteiger partial charge in [0.1, 0.15) is 0 Å². The zero-order valence-electron chi connectivity index (χ0n) is 10.0. The van der Waals surface area contributed by atoms with Gasteiger partial charge in [0.05, 0.1) is 19.3 Å². The maximum Gasteiger partial charge on any atom is 0.157 e. The molecule has 0 amide bonds. The van der Waals surface area contributed by atoms with E-state index in [1.807, 2.05) is 0 Å². The van der Waals surface area contributed by atoms with E-state index in [1.165, 1.54) is 0 Å². The molecule has 0 bridgehead atoms. The first-order valence-corrected chi connectivity index (χ1v) is 6.68. The van der Waals surface area contributed by atoms with Crippen LogP contribution >= 0.6 is 11.6 Å². The molecule has 2 aliphatic rings. The first-order chi connectivity index (χ1) is 8.74. The Bertz CT molecular complexity index is 455. The number of halogens is 1. The molecular weight excluding hydrogens is 254 g/mol. The highest BCUT2D eigenvalue weighted by atomic mass is 35.5. The second-order valence-corrected chi connectivity index (χ2v) is 5.31. The number of anilines is 1. The average molecular weight is 270 g/mol. The summed E-state index contributed by atoms with van der Waals surface area (Å²) in [6.07, 6.45) is 3.54. The van der Waals surface area contributed by atoms with Gasteiger partial charge in [0.25, 0.3) is 0 Å². The van der Waals surface area contributed by atoms with Crippen LogP contribution in [-0.4, -0.2) is 27.4 Å². The van der Waals surface area contributed by atoms with E-state index in [0.29, 0.717) is 18.4 Å². The number of aliphatic hydroxyl groups excluding tert-OH is 1. The van der Waals surface area contributed by atoms with Crippen LogP contribution in [0, 0.1) is 0 Å². The Morgan fingerprint density at radius 3 is 2.89 bits per heavy atom. The van der Waals surface area contributed by atoms with Crippen molar-refractivity contribution in [2.75, 3.05) is 5.32 Å². The molecule has 98 valence electrons. The van der Waals surface area contributed by atoms with Crippen molar-refractivity contribution in [3.05, 3.63) is 16.3 Å². The number of hydrogen-bond acceptors (Lipinski definition) is 5. The Morgan fingerprint density at radius 1 is 1.22 bits per heavy atom. The molecule has 5 nitrogen and oxygen atoms in total. The Kier molecular flexibility index (Phi) is 3.37. The Hall–Kier alpha value is -0.910. The van der Waals surface area contributed by atoms with Crippen molar-refractivity contribution in [1.29, 1.82) is 0 Å². The smallest absolute Gasteiger partial charge is 0.157 e. The summed E-state index contributed by atoms with van der Waals surface area (Å²) in [4.78, 5) is 0. The van der Waals surface area contributed by atoms with Gasteiger partial charge in [0, 0.05) is 17.2 Å². The molecule has 3 rings (SSSR count). The summed E-state index contributed by atoms with van der Waals surface area (Å²) >= 11 is 5.99. The molecule has 2 atom stereocenters. The third-order valence-electron chi connectivity index (χ3n) is 3.62. The monoisotopic (exact) mass is 269 g/mol. The second kappa shape index (κ2) is 4.99. The van der Waals surface area contributed by atoms with Crippen LogP contribution in [0.1, 0.15) is 36.8 Å². The van der Waals surface area contributed by atoms with Crippen LogP contribution < -0.4 is 5.32 Å². The lowest BCUT2D eigenvalue weighted by Gasteiger charge is -2.27. The maximum atomic E-state index is 9.67. The van der Waals surface area contributed by atoms with Crippen molar-refractivity contribution in [3.8, 4) is 0 Å². The summed E-state index contributed by atoms with van der Waals surface area (Å²) in [6, 6.07) is 0.258. The molecule has 1 aromatic heterocycles. The zero-order chi connectivity index (χ0) is 12.5. The van der Waals surface area contributed by atoms with Crippen LogP contribution in [0.3, 0.4) is 0 Å². The van der Waals surface area contributed by atoms with Crippen molar-refractivity contribution in [3.63, 3.8) is 0 Å². The van der Waals surface area contributed by atoms with Crippen LogP contribution in [0.5, 0.6) is 0 Å². The van der Waals surface area contributed by atoms with Gasteiger partial charge in [-0.3, -0.25) is 0 Å². The van der Waals surface area contributed by atoms with Crippen LogP contribution in [-0.2, 0) is 18.0 Å². The molecule has 18 heavy (non-hydrogen) atoms. The lowest BCUT2D eigenvalue weighted by Crippen LogP contribution is -2.30. The Balaban J connectivity index is 1.79. The van der Waals surface area contributed by atoms with Crippen LogP contribution in [0.2, 0.25) is 5.15 Å². The van der Waals surface area contributed by atoms with E-state index in [-0.39, 0.29) is 12.1 Å². The summed E-state index contributed by atoms with van der Waals surface area (Å²) in [6.45, 7) is 1.04. The average Bonchev–Trinajstić information content (AvgIpc) is 2.83. The molecule has 1 saturated carbocycles. The summed E-state index contributed by atoms with van der Waals surface area (Å²) < 4.78 is 5.39. The van der Waals surface area contributed by atoms with Gasteiger partial charge in [0.2, 0.25) is 0 Å². The number of aromatic nitrogens is 2. The highest BCUT2D eigenvalue weighted by Gasteiger charge is 2.25. The molecule has 1 aromatic rings. The topological polar surface area (TPSA) is 67.3 Å². The van der Waals surface area contributed by atoms with E-state index in [2.05, 4.69) is 15.5 Å². The van der Waals surface area contributed by atoms with Gasteiger partial charge in [0.15, 0.2) is 11.0 Å². The predicted molar refractivity (Wildman–Crippen MR) is 67.4 cm³/mol. The molecule has 6 heteroatoms. The highest BCUT2D eigenvalue weighted by Crippen LogP contribution is 2.31. The van der Waals surface area contributed by atoms with Gasteiger partial charge in [-0.05, 0) is 25.7 Å². The number of fused-ring (bicyclic) bond motifs is 1. The molecule has 1 aliphatic heterocycles. The van der Waals surface area contributed by atoms with Crippen LogP contribution in [0.4, 0.5) is 5.82 Å². The Morgan fingerprint density at radius 2 is 2.06 bits per heavy atom. The fourth-order valence-electron chi connectivity index (χ4n) is 2.64. The molecule has 0 radical (unpaired) electrons. The van der Waals surface area contributed by atoms with E-state index in [1.54, 1.807) is 0 Å². The Labute approximate surface area is 111 Å². The van der Waals surface area contributed by atoms with E-state index >= 15 is 0 Å². The maximum absolute atomic E-state index is 9.67. The lowest BCUT2D eigenvalue weighted by molar-refractivity contribution is 0.124. The molecule has 0 unspecified atom stereocenters. The van der Waals surface area contributed by atoms with Gasteiger partial charge in [-0.15, -0.1) is 10.2 Å². The zero-order valence-corrected chi connectivity index (χ0v) is 10.8. The van der Waals surface area contributed by atoms with Crippen molar-refractivity contribution >= 4 is 17.4 Å². The molecule has 1 fully saturated rings. The van der Waals surface area contributed by atoms with Gasteiger partial charge >= 0.3 is 0 Å². The molecule has 0 spiro atoms. The van der Waals surface area contributed by atoms with Crippen LogP contribution in [0.25, 0.3) is 0 Å². The fraction of sp³-hybridized carbons (Fsp3) is 0.667. The van der Waals surface area contributed by atoms with Crippen molar-refractivity contribution in [2.24, 2.45) is 0 Å². The normalized spacial score (nSPS) is 27.0. The SMILES string of the molecule is O[C@H]1CCC[C@@H](Nc2nnc(Cl)c3c2COC3)C1. The third-order valence-corrected chi connectivity index (χ3v) is 3.92. The number of nitrogens with one attached hydrogen (secondary N) is 1. The van der Waals surface area contributed by atoms with Gasteiger partial charge in [-0.2, -0.15) is 0 Å². The number of nitrogens with zero attached hydrogens (tertiary/aromatic N) is 2. The quantitative estimate of drug-likeness (QED) is 0.858. The summed E-state index contributed by atoms with van der Waals surface area (Å²) in [5.74, 6) is 0.756. The standard InChI is InChI=1S/C12H16ClN3O2/c13-11-9-5-18-6-10(9)12(16-15-11)14-7-2-1-3-8(17)4-7/h7-8,17H,1-6H2,(H,14,16)/t7-,8+/m1/s1. The van der Waals surface area contributed by atoms with E-state index in [0.717, 1.165) is 42.6 Å². The first kappa shape index (κ1) is 12.1. The summed E-state index contributed by atoms with van der Waals surface area (Å²) in [5.41, 5.74) is 1.94. The minimum Gasteiger partial charge on any atom is -0.393 e. The summed E-state index contributed by atoms with van der Waals surface area (Å²) in [5, 5.41) is 21.5. The molecule has 2 heterocycles. The lowest BCUT2D eigenvalue weighted by atomic mass is 9.93. The molecule has 1 aliphatic carbocycles. The van der Waals surface area contributed by atoms with Gasteiger partial charge in [-0.25, -0.2) is 0 Å². The van der Waals surface area contributed by atoms with Crippen molar-refractivity contribution in [1.82, 2.24) is 10.2 Å².